The van der Waals surface area contributed by atoms with Gasteiger partial charge in [-0.3, -0.25) is 4.90 Å². The van der Waals surface area contributed by atoms with E-state index in [9.17, 15) is 14.0 Å². The maximum atomic E-state index is 12.9. The largest absolute Gasteiger partial charge is 0.445 e. The summed E-state index contributed by atoms with van der Waals surface area (Å²) in [4.78, 5) is 25.8. The van der Waals surface area contributed by atoms with Gasteiger partial charge in [-0.15, -0.1) is 0 Å². The molecule has 2 amide bonds. The quantitative estimate of drug-likeness (QED) is 0.792. The molecule has 2 aromatic carbocycles. The molecule has 0 saturated heterocycles. The fourth-order valence-electron chi connectivity index (χ4n) is 2.30. The molecule has 0 aromatic heterocycles. The zero-order chi connectivity index (χ0) is 20.6. The number of hydrogen-bond acceptors (Lipinski definition) is 4. The molecule has 0 bridgehead atoms. The van der Waals surface area contributed by atoms with Crippen LogP contribution < -0.4 is 10.2 Å². The van der Waals surface area contributed by atoms with E-state index in [-0.39, 0.29) is 25.5 Å². The molecule has 0 unspecified atom stereocenters. The van der Waals surface area contributed by atoms with E-state index in [4.69, 9.17) is 9.47 Å². The molecule has 0 saturated carbocycles. The molecular formula is C21H25FN2O4. The molecule has 7 heteroatoms. The molecule has 2 rings (SSSR count). The third-order valence-corrected chi connectivity index (χ3v) is 3.57. The Morgan fingerprint density at radius 3 is 2.29 bits per heavy atom. The van der Waals surface area contributed by atoms with Crippen molar-refractivity contribution < 1.29 is 23.5 Å². The van der Waals surface area contributed by atoms with Crippen LogP contribution >= 0.6 is 0 Å². The Labute approximate surface area is 164 Å². The highest BCUT2D eigenvalue weighted by Crippen LogP contribution is 2.17. The van der Waals surface area contributed by atoms with Crippen LogP contribution in [0.2, 0.25) is 0 Å². The van der Waals surface area contributed by atoms with Crippen LogP contribution in [-0.4, -0.2) is 30.9 Å². The first kappa shape index (κ1) is 21.2. The fourth-order valence-corrected chi connectivity index (χ4v) is 2.30. The van der Waals surface area contributed by atoms with Crippen molar-refractivity contribution in [2.24, 2.45) is 0 Å². The highest BCUT2D eigenvalue weighted by Gasteiger charge is 2.23. The summed E-state index contributed by atoms with van der Waals surface area (Å²) in [6.45, 7) is 5.79. The van der Waals surface area contributed by atoms with Crippen LogP contribution in [0.5, 0.6) is 0 Å². The van der Waals surface area contributed by atoms with Gasteiger partial charge in [0, 0.05) is 18.8 Å². The topological polar surface area (TPSA) is 67.9 Å². The van der Waals surface area contributed by atoms with E-state index in [1.54, 1.807) is 45.0 Å². The first-order chi connectivity index (χ1) is 13.2. The number of hydrogen-bond donors (Lipinski definition) is 1. The van der Waals surface area contributed by atoms with Crippen LogP contribution in [-0.2, 0) is 16.1 Å². The van der Waals surface area contributed by atoms with Crippen LogP contribution in [0, 0.1) is 5.82 Å². The van der Waals surface area contributed by atoms with Gasteiger partial charge in [0.25, 0.3) is 0 Å². The summed E-state index contributed by atoms with van der Waals surface area (Å²) in [6, 6.07) is 14.7. The standard InChI is InChI=1S/C21H25FN2O4/c1-21(2,3)28-20(26)24(18-7-5-4-6-8-18)14-13-23-19(25)27-15-16-9-11-17(22)12-10-16/h4-12H,13-15H2,1-3H3,(H,23,25). The summed E-state index contributed by atoms with van der Waals surface area (Å²) in [5, 5.41) is 2.60. The lowest BCUT2D eigenvalue weighted by atomic mass is 10.2. The number of nitrogens with zero attached hydrogens (tertiary/aromatic N) is 1. The lowest BCUT2D eigenvalue weighted by Gasteiger charge is -2.27. The summed E-state index contributed by atoms with van der Waals surface area (Å²) < 4.78 is 23.4. The van der Waals surface area contributed by atoms with Crippen LogP contribution in [0.3, 0.4) is 0 Å². The van der Waals surface area contributed by atoms with E-state index in [2.05, 4.69) is 5.32 Å². The predicted octanol–water partition coefficient (Wildman–Crippen LogP) is 4.49. The molecule has 0 fully saturated rings. The number of rotatable bonds is 6. The molecule has 150 valence electrons. The smallest absolute Gasteiger partial charge is 0.414 e. The van der Waals surface area contributed by atoms with Crippen molar-refractivity contribution in [3.05, 3.63) is 66.0 Å². The van der Waals surface area contributed by atoms with E-state index in [0.29, 0.717) is 11.3 Å². The first-order valence-corrected chi connectivity index (χ1v) is 8.95. The predicted molar refractivity (Wildman–Crippen MR) is 105 cm³/mol. The number of anilines is 1. The highest BCUT2D eigenvalue weighted by atomic mass is 19.1. The fraction of sp³-hybridized carbons (Fsp3) is 0.333. The van der Waals surface area contributed by atoms with Crippen molar-refractivity contribution in [3.8, 4) is 0 Å². The number of halogens is 1. The van der Waals surface area contributed by atoms with Gasteiger partial charge in [-0.25, -0.2) is 14.0 Å². The number of benzene rings is 2. The molecule has 0 aliphatic rings. The Bertz CT molecular complexity index is 773. The van der Waals surface area contributed by atoms with E-state index >= 15 is 0 Å². The third-order valence-electron chi connectivity index (χ3n) is 3.57. The summed E-state index contributed by atoms with van der Waals surface area (Å²) in [7, 11) is 0. The average Bonchev–Trinajstić information content (AvgIpc) is 2.64. The van der Waals surface area contributed by atoms with Gasteiger partial charge in [0.05, 0.1) is 0 Å². The molecule has 2 aromatic rings. The van der Waals surface area contributed by atoms with E-state index in [1.165, 1.54) is 17.0 Å². The van der Waals surface area contributed by atoms with Gasteiger partial charge >= 0.3 is 12.2 Å². The lowest BCUT2D eigenvalue weighted by Crippen LogP contribution is -2.41. The average molecular weight is 388 g/mol. The summed E-state index contributed by atoms with van der Waals surface area (Å²) in [5.74, 6) is -0.351. The molecular weight excluding hydrogens is 363 g/mol. The van der Waals surface area contributed by atoms with Crippen molar-refractivity contribution in [3.63, 3.8) is 0 Å². The van der Waals surface area contributed by atoms with Gasteiger partial charge in [-0.05, 0) is 50.6 Å². The molecule has 28 heavy (non-hydrogen) atoms. The Balaban J connectivity index is 1.87. The summed E-state index contributed by atoms with van der Waals surface area (Å²) in [5.41, 5.74) is 0.709. The maximum Gasteiger partial charge on any atom is 0.414 e. The van der Waals surface area contributed by atoms with Gasteiger partial charge in [-0.2, -0.15) is 0 Å². The van der Waals surface area contributed by atoms with Crippen molar-refractivity contribution in [1.29, 1.82) is 0 Å². The highest BCUT2D eigenvalue weighted by molar-refractivity contribution is 5.87. The Morgan fingerprint density at radius 2 is 1.68 bits per heavy atom. The van der Waals surface area contributed by atoms with Crippen LogP contribution in [0.1, 0.15) is 26.3 Å². The lowest BCUT2D eigenvalue weighted by molar-refractivity contribution is 0.0579. The third kappa shape index (κ3) is 7.26. The number of carbonyl (C=O) groups is 2. The number of carbonyl (C=O) groups excluding carboxylic acids is 2. The molecule has 0 heterocycles. The number of alkyl carbamates (subject to hydrolysis) is 1. The van der Waals surface area contributed by atoms with Gasteiger partial charge < -0.3 is 14.8 Å². The molecule has 6 nitrogen and oxygen atoms in total. The van der Waals surface area contributed by atoms with Crippen molar-refractivity contribution in [2.75, 3.05) is 18.0 Å². The zero-order valence-corrected chi connectivity index (χ0v) is 16.3. The Hall–Kier alpha value is -3.09. The number of amides is 2. The monoisotopic (exact) mass is 388 g/mol. The Morgan fingerprint density at radius 1 is 1.04 bits per heavy atom. The second kappa shape index (κ2) is 9.73. The molecule has 0 aliphatic carbocycles. The summed E-state index contributed by atoms with van der Waals surface area (Å²) in [6.07, 6.45) is -1.12. The van der Waals surface area contributed by atoms with E-state index < -0.39 is 17.8 Å². The van der Waals surface area contributed by atoms with Gasteiger partial charge in [0.1, 0.15) is 18.0 Å². The second-order valence-electron chi connectivity index (χ2n) is 7.10. The van der Waals surface area contributed by atoms with Gasteiger partial charge in [0.15, 0.2) is 0 Å². The number of para-hydroxylation sites is 1. The number of ether oxygens (including phenoxy) is 2. The van der Waals surface area contributed by atoms with E-state index in [0.717, 1.165) is 0 Å². The maximum absolute atomic E-state index is 12.9. The van der Waals surface area contributed by atoms with Crippen molar-refractivity contribution in [2.45, 2.75) is 33.0 Å². The minimum Gasteiger partial charge on any atom is -0.445 e. The first-order valence-electron chi connectivity index (χ1n) is 8.95. The molecule has 0 spiro atoms. The zero-order valence-electron chi connectivity index (χ0n) is 16.3. The van der Waals surface area contributed by atoms with Crippen LogP contribution in [0.4, 0.5) is 19.7 Å². The Kier molecular flexibility index (Phi) is 7.37. The molecule has 0 atom stereocenters. The van der Waals surface area contributed by atoms with Crippen LogP contribution in [0.15, 0.2) is 54.6 Å². The van der Waals surface area contributed by atoms with Gasteiger partial charge in [-0.1, -0.05) is 30.3 Å². The van der Waals surface area contributed by atoms with Crippen molar-refractivity contribution in [1.82, 2.24) is 5.32 Å². The van der Waals surface area contributed by atoms with Crippen LogP contribution in [0.25, 0.3) is 0 Å². The van der Waals surface area contributed by atoms with Crippen molar-refractivity contribution >= 4 is 17.9 Å². The molecule has 1 N–H and O–H groups in total. The SMILES string of the molecule is CC(C)(C)OC(=O)N(CCNC(=O)OCc1ccc(F)cc1)c1ccccc1. The minimum absolute atomic E-state index is 0.0284. The molecule has 0 radical (unpaired) electrons. The summed E-state index contributed by atoms with van der Waals surface area (Å²) >= 11 is 0. The van der Waals surface area contributed by atoms with Gasteiger partial charge in [0.2, 0.25) is 0 Å². The molecule has 0 aliphatic heterocycles. The normalized spacial score (nSPS) is 10.9. The number of nitrogens with one attached hydrogen (secondary N) is 1. The minimum atomic E-state index is -0.633. The second-order valence-corrected chi connectivity index (χ2v) is 7.10. The van der Waals surface area contributed by atoms with E-state index in [1.807, 2.05) is 18.2 Å².